The maximum atomic E-state index is 13.5. The highest BCUT2D eigenvalue weighted by molar-refractivity contribution is 7.90. The molecule has 1 fully saturated rings. The van der Waals surface area contributed by atoms with Crippen LogP contribution in [0.1, 0.15) is 24.2 Å². The molecule has 1 aromatic heterocycles. The summed E-state index contributed by atoms with van der Waals surface area (Å²) in [5, 5.41) is 1.61. The quantitative estimate of drug-likeness (QED) is 0.499. The van der Waals surface area contributed by atoms with Crippen LogP contribution in [0.15, 0.2) is 41.3 Å². The Morgan fingerprint density at radius 3 is 2.42 bits per heavy atom. The molecule has 33 heavy (non-hydrogen) atoms. The lowest BCUT2D eigenvalue weighted by Crippen LogP contribution is -2.49. The average Bonchev–Trinajstić information content (AvgIpc) is 3.22. The molecule has 4 rings (SSSR count). The van der Waals surface area contributed by atoms with Crippen LogP contribution in [-0.2, 0) is 9.84 Å². The van der Waals surface area contributed by atoms with Gasteiger partial charge in [0.2, 0.25) is 0 Å². The van der Waals surface area contributed by atoms with Gasteiger partial charge in [-0.05, 0) is 50.2 Å². The molecule has 0 unspecified atom stereocenters. The SMILES string of the molecule is CCN(CC)c1ccc(S(C)(=O)=O)cc1C(=O)N1CCN(c2nc3ccc(Cl)cc3s2)CC1. The summed E-state index contributed by atoms with van der Waals surface area (Å²) in [5.41, 5.74) is 2.12. The molecule has 0 aliphatic carbocycles. The number of aromatic nitrogens is 1. The summed E-state index contributed by atoms with van der Waals surface area (Å²) in [7, 11) is -3.42. The minimum absolute atomic E-state index is 0.141. The molecule has 176 valence electrons. The Morgan fingerprint density at radius 2 is 1.79 bits per heavy atom. The van der Waals surface area contributed by atoms with E-state index in [0.717, 1.165) is 40.4 Å². The monoisotopic (exact) mass is 506 g/mol. The van der Waals surface area contributed by atoms with Gasteiger partial charge >= 0.3 is 0 Å². The number of hydrogen-bond donors (Lipinski definition) is 0. The van der Waals surface area contributed by atoms with E-state index in [1.54, 1.807) is 28.4 Å². The molecule has 2 heterocycles. The minimum atomic E-state index is -3.42. The summed E-state index contributed by atoms with van der Waals surface area (Å²) >= 11 is 7.70. The van der Waals surface area contributed by atoms with Crippen molar-refractivity contribution in [2.24, 2.45) is 0 Å². The van der Waals surface area contributed by atoms with Crippen LogP contribution in [0.4, 0.5) is 10.8 Å². The number of carbonyl (C=O) groups is 1. The molecule has 0 radical (unpaired) electrons. The Morgan fingerprint density at radius 1 is 1.09 bits per heavy atom. The molecular weight excluding hydrogens is 480 g/mol. The van der Waals surface area contributed by atoms with E-state index in [1.807, 2.05) is 32.0 Å². The number of carbonyl (C=O) groups excluding carboxylic acids is 1. The lowest BCUT2D eigenvalue weighted by molar-refractivity contribution is 0.0747. The second kappa shape index (κ2) is 9.48. The van der Waals surface area contributed by atoms with Crippen molar-refractivity contribution in [2.75, 3.05) is 55.3 Å². The zero-order chi connectivity index (χ0) is 23.8. The highest BCUT2D eigenvalue weighted by Crippen LogP contribution is 2.32. The predicted molar refractivity (Wildman–Crippen MR) is 136 cm³/mol. The van der Waals surface area contributed by atoms with Crippen LogP contribution in [0.2, 0.25) is 5.02 Å². The number of nitrogens with zero attached hydrogens (tertiary/aromatic N) is 4. The van der Waals surface area contributed by atoms with Gasteiger partial charge in [-0.1, -0.05) is 22.9 Å². The van der Waals surface area contributed by atoms with Gasteiger partial charge in [-0.15, -0.1) is 0 Å². The molecule has 1 aliphatic rings. The summed E-state index contributed by atoms with van der Waals surface area (Å²) in [4.78, 5) is 24.4. The molecule has 0 N–H and O–H groups in total. The number of thiazole rings is 1. The Balaban J connectivity index is 1.56. The molecular formula is C23H27ClN4O3S2. The van der Waals surface area contributed by atoms with E-state index >= 15 is 0 Å². The van der Waals surface area contributed by atoms with Crippen molar-refractivity contribution in [3.05, 3.63) is 47.0 Å². The molecule has 3 aromatic rings. The zero-order valence-electron chi connectivity index (χ0n) is 18.9. The van der Waals surface area contributed by atoms with Crippen molar-refractivity contribution in [3.63, 3.8) is 0 Å². The number of amides is 1. The topological polar surface area (TPSA) is 73.8 Å². The smallest absolute Gasteiger partial charge is 0.256 e. The first kappa shape index (κ1) is 23.8. The van der Waals surface area contributed by atoms with Crippen LogP contribution in [0, 0.1) is 0 Å². The number of benzene rings is 2. The van der Waals surface area contributed by atoms with E-state index in [4.69, 9.17) is 16.6 Å². The summed E-state index contributed by atoms with van der Waals surface area (Å²) in [5.74, 6) is -0.141. The van der Waals surface area contributed by atoms with Crippen LogP contribution in [0.5, 0.6) is 0 Å². The van der Waals surface area contributed by atoms with Crippen molar-refractivity contribution in [1.29, 1.82) is 0 Å². The molecule has 1 aliphatic heterocycles. The Labute approximate surface area is 203 Å². The molecule has 1 saturated heterocycles. The van der Waals surface area contributed by atoms with E-state index in [1.165, 1.54) is 6.07 Å². The van der Waals surface area contributed by atoms with E-state index < -0.39 is 9.84 Å². The second-order valence-electron chi connectivity index (χ2n) is 8.01. The molecule has 7 nitrogen and oxygen atoms in total. The van der Waals surface area contributed by atoms with E-state index in [9.17, 15) is 13.2 Å². The van der Waals surface area contributed by atoms with Crippen LogP contribution in [0.25, 0.3) is 10.2 Å². The van der Waals surface area contributed by atoms with Crippen molar-refractivity contribution in [3.8, 4) is 0 Å². The van der Waals surface area contributed by atoms with Crippen molar-refractivity contribution >= 4 is 59.7 Å². The number of fused-ring (bicyclic) bond motifs is 1. The van der Waals surface area contributed by atoms with Gasteiger partial charge in [0.1, 0.15) is 0 Å². The molecule has 1 amide bonds. The fraction of sp³-hybridized carbons (Fsp3) is 0.391. The Kier molecular flexibility index (Phi) is 6.83. The fourth-order valence-corrected chi connectivity index (χ4v) is 5.99. The number of rotatable bonds is 6. The van der Waals surface area contributed by atoms with Crippen LogP contribution in [0.3, 0.4) is 0 Å². The van der Waals surface area contributed by atoms with E-state index in [-0.39, 0.29) is 10.8 Å². The van der Waals surface area contributed by atoms with E-state index in [2.05, 4.69) is 9.80 Å². The van der Waals surface area contributed by atoms with Gasteiger partial charge in [0.25, 0.3) is 5.91 Å². The number of piperazine rings is 1. The highest BCUT2D eigenvalue weighted by Gasteiger charge is 2.27. The van der Waals surface area contributed by atoms with Crippen molar-refractivity contribution in [2.45, 2.75) is 18.7 Å². The van der Waals surface area contributed by atoms with Gasteiger partial charge < -0.3 is 14.7 Å². The number of halogens is 1. The van der Waals surface area contributed by atoms with Crippen LogP contribution in [-0.4, -0.2) is 69.7 Å². The molecule has 0 saturated carbocycles. The summed E-state index contributed by atoms with van der Waals surface area (Å²) in [6, 6.07) is 10.5. The average molecular weight is 507 g/mol. The second-order valence-corrected chi connectivity index (χ2v) is 11.5. The third-order valence-electron chi connectivity index (χ3n) is 5.91. The molecule has 0 atom stereocenters. The van der Waals surface area contributed by atoms with Gasteiger partial charge in [0.15, 0.2) is 15.0 Å². The largest absolute Gasteiger partial charge is 0.371 e. The van der Waals surface area contributed by atoms with Gasteiger partial charge in [-0.25, -0.2) is 13.4 Å². The maximum absolute atomic E-state index is 13.5. The lowest BCUT2D eigenvalue weighted by Gasteiger charge is -2.35. The molecule has 0 bridgehead atoms. The Hall–Kier alpha value is -2.36. The first-order valence-electron chi connectivity index (χ1n) is 10.9. The van der Waals surface area contributed by atoms with Crippen LogP contribution < -0.4 is 9.80 Å². The summed E-state index contributed by atoms with van der Waals surface area (Å²) < 4.78 is 25.3. The molecule has 2 aromatic carbocycles. The fourth-order valence-electron chi connectivity index (χ4n) is 4.05. The third kappa shape index (κ3) is 4.95. The minimum Gasteiger partial charge on any atom is -0.371 e. The maximum Gasteiger partial charge on any atom is 0.256 e. The third-order valence-corrected chi connectivity index (χ3v) is 8.33. The van der Waals surface area contributed by atoms with Crippen molar-refractivity contribution in [1.82, 2.24) is 9.88 Å². The van der Waals surface area contributed by atoms with Crippen molar-refractivity contribution < 1.29 is 13.2 Å². The number of hydrogen-bond acceptors (Lipinski definition) is 7. The first-order chi connectivity index (χ1) is 15.7. The normalized spacial score (nSPS) is 14.7. The number of anilines is 2. The van der Waals surface area contributed by atoms with Gasteiger partial charge in [-0.3, -0.25) is 4.79 Å². The molecule has 10 heteroatoms. The summed E-state index contributed by atoms with van der Waals surface area (Å²) in [6.07, 6.45) is 1.16. The Bertz CT molecular complexity index is 1280. The zero-order valence-corrected chi connectivity index (χ0v) is 21.3. The highest BCUT2D eigenvalue weighted by atomic mass is 35.5. The lowest BCUT2D eigenvalue weighted by atomic mass is 10.1. The van der Waals surface area contributed by atoms with Gasteiger partial charge in [0, 0.05) is 56.2 Å². The summed E-state index contributed by atoms with van der Waals surface area (Å²) in [6.45, 7) is 7.89. The number of sulfone groups is 1. The van der Waals surface area contributed by atoms with E-state index in [0.29, 0.717) is 36.8 Å². The first-order valence-corrected chi connectivity index (χ1v) is 14.0. The van der Waals surface area contributed by atoms with Gasteiger partial charge in [-0.2, -0.15) is 0 Å². The van der Waals surface area contributed by atoms with Gasteiger partial charge in [0.05, 0.1) is 20.7 Å². The molecule has 0 spiro atoms. The standard InChI is InChI=1S/C23H27ClN4O3S2/c1-4-26(5-2)20-9-7-17(33(3,30)31)15-18(20)22(29)27-10-12-28(13-11-27)23-25-19-8-6-16(24)14-21(19)32-23/h6-9,14-15H,4-5,10-13H2,1-3H3. The predicted octanol–water partition coefficient (Wildman–Crippen LogP) is 4.16. The van der Waals surface area contributed by atoms with Crippen LogP contribution >= 0.6 is 22.9 Å².